The second-order valence-corrected chi connectivity index (χ2v) is 6.92. The van der Waals surface area contributed by atoms with Crippen LogP contribution in [0.5, 0.6) is 5.75 Å². The minimum absolute atomic E-state index is 0.714. The van der Waals surface area contributed by atoms with Crippen LogP contribution in [0.4, 0.5) is 0 Å². The van der Waals surface area contributed by atoms with Crippen LogP contribution in [0.3, 0.4) is 0 Å². The second-order valence-electron chi connectivity index (χ2n) is 6.92. The van der Waals surface area contributed by atoms with Crippen LogP contribution in [0.1, 0.15) is 81.5 Å². The zero-order valence-electron chi connectivity index (χ0n) is 15.6. The molecule has 2 rings (SSSR count). The molecule has 2 aromatic carbocycles. The van der Waals surface area contributed by atoms with E-state index in [1.807, 2.05) is 30.3 Å². The summed E-state index contributed by atoms with van der Waals surface area (Å²) < 4.78 is 5.87. The number of rotatable bonds is 13. The molecule has 0 amide bonds. The van der Waals surface area contributed by atoms with E-state index in [1.54, 1.807) is 0 Å². The first-order valence-electron chi connectivity index (χ1n) is 9.95. The molecule has 0 bridgehead atoms. The summed E-state index contributed by atoms with van der Waals surface area (Å²) in [5.74, 6) is 0.919. The Bertz CT molecular complexity index is 633. The zero-order chi connectivity index (χ0) is 17.7. The van der Waals surface area contributed by atoms with E-state index in [1.165, 1.54) is 57.8 Å². The van der Waals surface area contributed by atoms with Crippen LogP contribution in [-0.2, 0) is 0 Å². The smallest absolute Gasteiger partial charge is 0.150 e. The fourth-order valence-electron chi connectivity index (χ4n) is 3.18. The van der Waals surface area contributed by atoms with Gasteiger partial charge < -0.3 is 4.74 Å². The molecular formula is C23H32O2. The van der Waals surface area contributed by atoms with Crippen molar-refractivity contribution < 1.29 is 9.53 Å². The highest BCUT2D eigenvalue weighted by atomic mass is 16.5. The van der Waals surface area contributed by atoms with Crippen LogP contribution in [0, 0.1) is 0 Å². The molecule has 0 heterocycles. The van der Waals surface area contributed by atoms with Gasteiger partial charge in [-0.1, -0.05) is 82.9 Å². The van der Waals surface area contributed by atoms with Gasteiger partial charge in [0.05, 0.1) is 6.61 Å². The minimum Gasteiger partial charge on any atom is -0.494 e. The highest BCUT2D eigenvalue weighted by Gasteiger charge is 2.00. The third-order valence-electron chi connectivity index (χ3n) is 4.74. The summed E-state index contributed by atoms with van der Waals surface area (Å²) in [6.07, 6.45) is 14.3. The summed E-state index contributed by atoms with van der Waals surface area (Å²) in [7, 11) is 0. The molecular weight excluding hydrogens is 308 g/mol. The number of carbonyl (C=O) groups excluding carboxylic acids is 1. The number of hydrogen-bond acceptors (Lipinski definition) is 2. The standard InChI is InChI=1S/C23H32O2/c1-2-3-4-5-6-7-8-9-10-11-16-25-23-15-14-21-17-20(19-24)12-13-22(21)18-23/h12-15,17-19H,2-11,16H2,1H3. The van der Waals surface area contributed by atoms with Crippen LogP contribution in [0.15, 0.2) is 36.4 Å². The Hall–Kier alpha value is -1.83. The lowest BCUT2D eigenvalue weighted by Crippen LogP contribution is -1.97. The average Bonchev–Trinajstić information content (AvgIpc) is 2.65. The zero-order valence-corrected chi connectivity index (χ0v) is 15.6. The van der Waals surface area contributed by atoms with Crippen molar-refractivity contribution in [3.05, 3.63) is 42.0 Å². The predicted octanol–water partition coefficient (Wildman–Crippen LogP) is 6.95. The molecule has 2 aromatic rings. The maximum Gasteiger partial charge on any atom is 0.150 e. The SMILES string of the molecule is CCCCCCCCCCCCOc1ccc2cc(C=O)ccc2c1. The van der Waals surface area contributed by atoms with Crippen LogP contribution >= 0.6 is 0 Å². The summed E-state index contributed by atoms with van der Waals surface area (Å²) >= 11 is 0. The van der Waals surface area contributed by atoms with Crippen molar-refractivity contribution in [3.8, 4) is 5.75 Å². The molecule has 2 nitrogen and oxygen atoms in total. The molecule has 0 spiro atoms. The molecule has 0 N–H and O–H groups in total. The Kier molecular flexibility index (Phi) is 9.11. The third-order valence-corrected chi connectivity index (χ3v) is 4.74. The lowest BCUT2D eigenvalue weighted by molar-refractivity contribution is 0.112. The molecule has 25 heavy (non-hydrogen) atoms. The van der Waals surface area contributed by atoms with Crippen LogP contribution in [-0.4, -0.2) is 12.9 Å². The van der Waals surface area contributed by atoms with Gasteiger partial charge in [-0.2, -0.15) is 0 Å². The van der Waals surface area contributed by atoms with Crippen LogP contribution in [0.25, 0.3) is 10.8 Å². The van der Waals surface area contributed by atoms with E-state index in [0.29, 0.717) is 5.56 Å². The first-order chi connectivity index (χ1) is 12.3. The van der Waals surface area contributed by atoms with Gasteiger partial charge in [0.25, 0.3) is 0 Å². The lowest BCUT2D eigenvalue weighted by Gasteiger charge is -2.08. The molecule has 2 heteroatoms. The van der Waals surface area contributed by atoms with Gasteiger partial charge in [-0.05, 0) is 35.4 Å². The van der Waals surface area contributed by atoms with Crippen molar-refractivity contribution in [2.75, 3.05) is 6.61 Å². The lowest BCUT2D eigenvalue weighted by atomic mass is 10.1. The third kappa shape index (κ3) is 7.29. The predicted molar refractivity (Wildman–Crippen MR) is 107 cm³/mol. The van der Waals surface area contributed by atoms with E-state index < -0.39 is 0 Å². The fourth-order valence-corrected chi connectivity index (χ4v) is 3.18. The molecule has 0 aliphatic carbocycles. The molecule has 0 radical (unpaired) electrons. The summed E-state index contributed by atoms with van der Waals surface area (Å²) in [6.45, 7) is 3.05. The van der Waals surface area contributed by atoms with E-state index in [2.05, 4.69) is 13.0 Å². The summed E-state index contributed by atoms with van der Waals surface area (Å²) in [4.78, 5) is 10.8. The Labute approximate surface area is 152 Å². The van der Waals surface area contributed by atoms with Crippen molar-refractivity contribution in [1.29, 1.82) is 0 Å². The first kappa shape index (κ1) is 19.5. The first-order valence-corrected chi connectivity index (χ1v) is 9.95. The van der Waals surface area contributed by atoms with E-state index in [-0.39, 0.29) is 0 Å². The number of unbranched alkanes of at least 4 members (excludes halogenated alkanes) is 9. The number of fused-ring (bicyclic) bond motifs is 1. The Balaban J connectivity index is 1.57. The fraction of sp³-hybridized carbons (Fsp3) is 0.522. The van der Waals surface area contributed by atoms with Crippen molar-refractivity contribution in [2.45, 2.75) is 71.1 Å². The van der Waals surface area contributed by atoms with Gasteiger partial charge in [-0.25, -0.2) is 0 Å². The Morgan fingerprint density at radius 2 is 1.36 bits per heavy atom. The monoisotopic (exact) mass is 340 g/mol. The summed E-state index contributed by atoms with van der Waals surface area (Å²) in [6, 6.07) is 11.8. The number of carbonyl (C=O) groups is 1. The number of aldehydes is 1. The molecule has 0 aliphatic rings. The molecule has 0 atom stereocenters. The molecule has 0 saturated heterocycles. The molecule has 136 valence electrons. The number of ether oxygens (including phenoxy) is 1. The average molecular weight is 341 g/mol. The van der Waals surface area contributed by atoms with Crippen molar-refractivity contribution >= 4 is 17.1 Å². The Morgan fingerprint density at radius 1 is 0.760 bits per heavy atom. The molecule has 0 saturated carbocycles. The van der Waals surface area contributed by atoms with Crippen LogP contribution < -0.4 is 4.74 Å². The van der Waals surface area contributed by atoms with Gasteiger partial charge in [-0.15, -0.1) is 0 Å². The van der Waals surface area contributed by atoms with Gasteiger partial charge in [0.2, 0.25) is 0 Å². The van der Waals surface area contributed by atoms with E-state index in [4.69, 9.17) is 4.74 Å². The Morgan fingerprint density at radius 3 is 2.04 bits per heavy atom. The minimum atomic E-state index is 0.714. The van der Waals surface area contributed by atoms with Crippen molar-refractivity contribution in [3.63, 3.8) is 0 Å². The second kappa shape index (κ2) is 11.7. The topological polar surface area (TPSA) is 26.3 Å². The molecule has 0 unspecified atom stereocenters. The highest BCUT2D eigenvalue weighted by Crippen LogP contribution is 2.22. The summed E-state index contributed by atoms with van der Waals surface area (Å²) in [5.41, 5.74) is 0.714. The van der Waals surface area contributed by atoms with Crippen LogP contribution in [0.2, 0.25) is 0 Å². The molecule has 0 aromatic heterocycles. The summed E-state index contributed by atoms with van der Waals surface area (Å²) in [5, 5.41) is 2.20. The van der Waals surface area contributed by atoms with Gasteiger partial charge in [-0.3, -0.25) is 4.79 Å². The maximum atomic E-state index is 10.8. The number of hydrogen-bond donors (Lipinski definition) is 0. The van der Waals surface area contributed by atoms with Gasteiger partial charge in [0.15, 0.2) is 0 Å². The quantitative estimate of drug-likeness (QED) is 0.291. The van der Waals surface area contributed by atoms with Crippen molar-refractivity contribution in [1.82, 2.24) is 0 Å². The van der Waals surface area contributed by atoms with E-state index in [9.17, 15) is 4.79 Å². The highest BCUT2D eigenvalue weighted by molar-refractivity contribution is 5.89. The van der Waals surface area contributed by atoms with Gasteiger partial charge in [0.1, 0.15) is 12.0 Å². The van der Waals surface area contributed by atoms with Gasteiger partial charge in [0, 0.05) is 5.56 Å². The van der Waals surface area contributed by atoms with E-state index >= 15 is 0 Å². The normalized spacial score (nSPS) is 10.9. The van der Waals surface area contributed by atoms with Gasteiger partial charge >= 0.3 is 0 Å². The molecule has 0 aliphatic heterocycles. The molecule has 0 fully saturated rings. The van der Waals surface area contributed by atoms with E-state index in [0.717, 1.165) is 35.8 Å². The van der Waals surface area contributed by atoms with Crippen molar-refractivity contribution in [2.24, 2.45) is 0 Å². The number of benzene rings is 2. The largest absolute Gasteiger partial charge is 0.494 e. The maximum absolute atomic E-state index is 10.8.